The van der Waals surface area contributed by atoms with Gasteiger partial charge in [-0.25, -0.2) is 0 Å². The Labute approximate surface area is 124 Å². The van der Waals surface area contributed by atoms with Crippen LogP contribution in [-0.4, -0.2) is 0 Å². The van der Waals surface area contributed by atoms with Crippen LogP contribution < -0.4 is 17.0 Å². The fourth-order valence-corrected chi connectivity index (χ4v) is 2.47. The van der Waals surface area contributed by atoms with Gasteiger partial charge in [-0.1, -0.05) is 35.9 Å². The van der Waals surface area contributed by atoms with E-state index in [1.807, 2.05) is 12.1 Å². The van der Waals surface area contributed by atoms with Crippen molar-refractivity contribution in [3.05, 3.63) is 63.7 Å². The average molecular weight is 290 g/mol. The highest BCUT2D eigenvalue weighted by Crippen LogP contribution is 2.26. The zero-order chi connectivity index (χ0) is 14.7. The molecular weight excluding hydrogens is 270 g/mol. The molecule has 0 fully saturated rings. The van der Waals surface area contributed by atoms with Gasteiger partial charge >= 0.3 is 0 Å². The Kier molecular flexibility index (Phi) is 4.65. The highest BCUT2D eigenvalue weighted by Gasteiger charge is 2.14. The van der Waals surface area contributed by atoms with Gasteiger partial charge in [0.2, 0.25) is 0 Å². The minimum atomic E-state index is -0.0330. The van der Waals surface area contributed by atoms with Crippen LogP contribution in [0.15, 0.2) is 36.4 Å². The number of nitrogens with one attached hydrogen (secondary N) is 1. The van der Waals surface area contributed by atoms with E-state index in [1.165, 1.54) is 16.7 Å². The van der Waals surface area contributed by atoms with E-state index in [0.717, 1.165) is 12.0 Å². The minimum absolute atomic E-state index is 0.0330. The van der Waals surface area contributed by atoms with Gasteiger partial charge in [0, 0.05) is 10.7 Å². The van der Waals surface area contributed by atoms with Crippen molar-refractivity contribution in [2.45, 2.75) is 26.3 Å². The van der Waals surface area contributed by atoms with Crippen molar-refractivity contribution in [1.29, 1.82) is 0 Å². The number of hydrogen-bond donors (Lipinski definition) is 3. The van der Waals surface area contributed by atoms with Gasteiger partial charge in [-0.05, 0) is 54.7 Å². The molecule has 0 aliphatic heterocycles. The number of benzene rings is 2. The van der Waals surface area contributed by atoms with E-state index in [1.54, 1.807) is 6.07 Å². The molecule has 2 rings (SSSR count). The van der Waals surface area contributed by atoms with Gasteiger partial charge in [0.1, 0.15) is 0 Å². The van der Waals surface area contributed by atoms with Crippen LogP contribution in [0.5, 0.6) is 0 Å². The summed E-state index contributed by atoms with van der Waals surface area (Å²) in [6.45, 7) is 4.22. The van der Waals surface area contributed by atoms with Crippen LogP contribution in [0.1, 0.15) is 28.3 Å². The lowest BCUT2D eigenvalue weighted by Crippen LogP contribution is -2.30. The van der Waals surface area contributed by atoms with Gasteiger partial charge in [-0.2, -0.15) is 0 Å². The molecule has 0 bridgehead atoms. The molecule has 0 heterocycles. The number of nitrogen functional groups attached to an aromatic ring is 1. The number of hydrogen-bond acceptors (Lipinski definition) is 3. The summed E-state index contributed by atoms with van der Waals surface area (Å²) in [4.78, 5) is 0. The zero-order valence-electron chi connectivity index (χ0n) is 11.8. The molecule has 3 nitrogen and oxygen atoms in total. The molecule has 2 aromatic rings. The molecule has 0 saturated carbocycles. The maximum atomic E-state index is 6.03. The lowest BCUT2D eigenvalue weighted by atomic mass is 9.96. The largest absolute Gasteiger partial charge is 0.398 e. The molecule has 2 aromatic carbocycles. The standard InChI is InChI=1S/C16H20ClN3/c1-10-3-4-12(7-11(10)2)8-16(20-19)14-6-5-13(17)9-15(14)18/h3-7,9,16,20H,8,18-19H2,1-2H3. The Morgan fingerprint density at radius 3 is 2.45 bits per heavy atom. The fraction of sp³-hybridized carbons (Fsp3) is 0.250. The summed E-state index contributed by atoms with van der Waals surface area (Å²) in [6.07, 6.45) is 0.781. The maximum Gasteiger partial charge on any atom is 0.0520 e. The SMILES string of the molecule is Cc1ccc(CC(NN)c2ccc(Cl)cc2N)cc1C. The van der Waals surface area contributed by atoms with Gasteiger partial charge in [-0.3, -0.25) is 11.3 Å². The Bertz CT molecular complexity index is 611. The van der Waals surface area contributed by atoms with Crippen molar-refractivity contribution in [2.75, 3.05) is 5.73 Å². The van der Waals surface area contributed by atoms with E-state index < -0.39 is 0 Å². The highest BCUT2D eigenvalue weighted by atomic mass is 35.5. The number of nitrogens with two attached hydrogens (primary N) is 2. The maximum absolute atomic E-state index is 6.03. The molecule has 5 N–H and O–H groups in total. The average Bonchev–Trinajstić information content (AvgIpc) is 2.41. The molecular formula is C16H20ClN3. The summed E-state index contributed by atoms with van der Waals surface area (Å²) in [7, 11) is 0. The van der Waals surface area contributed by atoms with Crippen LogP contribution in [-0.2, 0) is 6.42 Å². The highest BCUT2D eigenvalue weighted by molar-refractivity contribution is 6.30. The van der Waals surface area contributed by atoms with Crippen LogP contribution in [0, 0.1) is 13.8 Å². The summed E-state index contributed by atoms with van der Waals surface area (Å²) in [5, 5.41) is 0.633. The summed E-state index contributed by atoms with van der Waals surface area (Å²) in [5.74, 6) is 5.69. The van der Waals surface area contributed by atoms with Crippen LogP contribution >= 0.6 is 11.6 Å². The second-order valence-electron chi connectivity index (χ2n) is 5.12. The van der Waals surface area contributed by atoms with Crippen LogP contribution in [0.3, 0.4) is 0 Å². The number of halogens is 1. The summed E-state index contributed by atoms with van der Waals surface area (Å²) in [6, 6.07) is 11.9. The van der Waals surface area contributed by atoms with Crippen molar-refractivity contribution in [2.24, 2.45) is 5.84 Å². The van der Waals surface area contributed by atoms with E-state index in [0.29, 0.717) is 10.7 Å². The van der Waals surface area contributed by atoms with Crippen LogP contribution in [0.4, 0.5) is 5.69 Å². The van der Waals surface area contributed by atoms with Crippen molar-refractivity contribution in [3.8, 4) is 0 Å². The smallest absolute Gasteiger partial charge is 0.0520 e. The summed E-state index contributed by atoms with van der Waals surface area (Å²) < 4.78 is 0. The number of aryl methyl sites for hydroxylation is 2. The first kappa shape index (κ1) is 14.9. The van der Waals surface area contributed by atoms with Crippen LogP contribution in [0.25, 0.3) is 0 Å². The topological polar surface area (TPSA) is 64.1 Å². The Hall–Kier alpha value is -1.55. The second kappa shape index (κ2) is 6.27. The van der Waals surface area contributed by atoms with Gasteiger partial charge in [0.05, 0.1) is 6.04 Å². The molecule has 20 heavy (non-hydrogen) atoms. The van der Waals surface area contributed by atoms with E-state index in [4.69, 9.17) is 23.2 Å². The van der Waals surface area contributed by atoms with Crippen molar-refractivity contribution >= 4 is 17.3 Å². The lowest BCUT2D eigenvalue weighted by molar-refractivity contribution is 0.553. The van der Waals surface area contributed by atoms with E-state index in [-0.39, 0.29) is 6.04 Å². The van der Waals surface area contributed by atoms with Gasteiger partial charge in [0.25, 0.3) is 0 Å². The minimum Gasteiger partial charge on any atom is -0.398 e. The molecule has 0 spiro atoms. The van der Waals surface area contributed by atoms with Gasteiger partial charge in [-0.15, -0.1) is 0 Å². The molecule has 4 heteroatoms. The first-order chi connectivity index (χ1) is 9.51. The van der Waals surface area contributed by atoms with Crippen LogP contribution in [0.2, 0.25) is 5.02 Å². The quantitative estimate of drug-likeness (QED) is 0.460. The third kappa shape index (κ3) is 3.31. The van der Waals surface area contributed by atoms with Crippen molar-refractivity contribution in [3.63, 3.8) is 0 Å². The molecule has 0 aromatic heterocycles. The number of hydrazine groups is 1. The molecule has 106 valence electrons. The molecule has 0 saturated heterocycles. The number of rotatable bonds is 4. The molecule has 1 unspecified atom stereocenters. The molecule has 0 radical (unpaired) electrons. The third-order valence-corrected chi connectivity index (χ3v) is 3.87. The first-order valence-electron chi connectivity index (χ1n) is 6.58. The summed E-state index contributed by atoms with van der Waals surface area (Å²) >= 11 is 5.93. The van der Waals surface area contributed by atoms with E-state index in [9.17, 15) is 0 Å². The Morgan fingerprint density at radius 2 is 1.85 bits per heavy atom. The predicted molar refractivity (Wildman–Crippen MR) is 85.5 cm³/mol. The van der Waals surface area contributed by atoms with Gasteiger partial charge in [0.15, 0.2) is 0 Å². The van der Waals surface area contributed by atoms with E-state index in [2.05, 4.69) is 37.5 Å². The zero-order valence-corrected chi connectivity index (χ0v) is 12.5. The third-order valence-electron chi connectivity index (χ3n) is 3.64. The number of anilines is 1. The molecule has 0 amide bonds. The molecule has 0 aliphatic carbocycles. The van der Waals surface area contributed by atoms with Crippen molar-refractivity contribution in [1.82, 2.24) is 5.43 Å². The lowest BCUT2D eigenvalue weighted by Gasteiger charge is -2.19. The fourth-order valence-electron chi connectivity index (χ4n) is 2.29. The monoisotopic (exact) mass is 289 g/mol. The first-order valence-corrected chi connectivity index (χ1v) is 6.96. The van der Waals surface area contributed by atoms with Crippen molar-refractivity contribution < 1.29 is 0 Å². The molecule has 1 atom stereocenters. The van der Waals surface area contributed by atoms with Gasteiger partial charge < -0.3 is 5.73 Å². The Morgan fingerprint density at radius 1 is 1.10 bits per heavy atom. The van der Waals surface area contributed by atoms with E-state index >= 15 is 0 Å². The predicted octanol–water partition coefficient (Wildman–Crippen LogP) is 3.29. The summed E-state index contributed by atoms with van der Waals surface area (Å²) in [5.41, 5.74) is 14.3. The second-order valence-corrected chi connectivity index (χ2v) is 5.55. The Balaban J connectivity index is 2.26. The normalized spacial score (nSPS) is 12.4. The molecule has 0 aliphatic rings.